The van der Waals surface area contributed by atoms with E-state index in [2.05, 4.69) is 8.73 Å². The number of hydrogen-bond acceptors (Lipinski definition) is 5. The number of methoxy groups -OCH3 is 1. The molecular formula is C12H13N3O4S. The highest BCUT2D eigenvalue weighted by Gasteiger charge is 2.19. The number of carboxylic acids is 1. The molecule has 1 aliphatic rings. The predicted molar refractivity (Wildman–Crippen MR) is 73.4 cm³/mol. The van der Waals surface area contributed by atoms with Crippen LogP contribution in [-0.2, 0) is 20.9 Å². The fourth-order valence-electron chi connectivity index (χ4n) is 1.71. The van der Waals surface area contributed by atoms with E-state index in [1.54, 1.807) is 18.2 Å². The lowest BCUT2D eigenvalue weighted by Gasteiger charge is -2.20. The number of rotatable bonds is 6. The first-order chi connectivity index (χ1) is 9.61. The number of benzene rings is 1. The lowest BCUT2D eigenvalue weighted by atomic mass is 10.1. The standard InChI is InChI=1S/C12H13N3O4S/c1-19-5-4-15(7-11(16)17)12(18)8-2-3-9-10(6-8)14-20-13-9/h2-3,6H,4-5,7H2,1H3,(H,16,17). The van der Waals surface area contributed by atoms with E-state index < -0.39 is 5.97 Å². The highest BCUT2D eigenvalue weighted by molar-refractivity contribution is 7.58. The number of ether oxygens (including phenoxy) is 1. The molecule has 1 amide bonds. The molecule has 0 radical (unpaired) electrons. The highest BCUT2D eigenvalue weighted by atomic mass is 32.1. The Morgan fingerprint density at radius 1 is 1.35 bits per heavy atom. The van der Waals surface area contributed by atoms with Crippen LogP contribution in [0.1, 0.15) is 10.4 Å². The van der Waals surface area contributed by atoms with Crippen LogP contribution in [0.2, 0.25) is 0 Å². The average molecular weight is 295 g/mol. The van der Waals surface area contributed by atoms with Crippen molar-refractivity contribution < 1.29 is 19.4 Å². The van der Waals surface area contributed by atoms with Crippen molar-refractivity contribution in [3.8, 4) is 0 Å². The maximum absolute atomic E-state index is 12.3. The topological polar surface area (TPSA) is 91.6 Å². The SMILES string of the molecule is COCCN(CC(=O)O)C(=O)c1ccc2c(c1)N=S=N2. The Morgan fingerprint density at radius 2 is 2.10 bits per heavy atom. The van der Waals surface area contributed by atoms with E-state index in [9.17, 15) is 9.59 Å². The summed E-state index contributed by atoms with van der Waals surface area (Å²) in [5.74, 6) is -1.43. The Labute approximate surface area is 119 Å². The van der Waals surface area contributed by atoms with Crippen LogP contribution >= 0.6 is 0 Å². The molecule has 0 spiro atoms. The smallest absolute Gasteiger partial charge is 0.323 e. The molecule has 0 bridgehead atoms. The van der Waals surface area contributed by atoms with Gasteiger partial charge in [0.2, 0.25) is 0 Å². The molecule has 0 unspecified atom stereocenters. The summed E-state index contributed by atoms with van der Waals surface area (Å²) in [5.41, 5.74) is 1.73. The molecule has 7 nitrogen and oxygen atoms in total. The quantitative estimate of drug-likeness (QED) is 0.876. The van der Waals surface area contributed by atoms with Crippen LogP contribution in [0.15, 0.2) is 26.9 Å². The van der Waals surface area contributed by atoms with Gasteiger partial charge in [-0.3, -0.25) is 9.59 Å². The van der Waals surface area contributed by atoms with Gasteiger partial charge in [-0.2, -0.15) is 8.73 Å². The number of carbonyl (C=O) groups is 2. The molecule has 1 aromatic carbocycles. The number of carbonyl (C=O) groups excluding carboxylic acids is 1. The largest absolute Gasteiger partial charge is 0.480 e. The molecule has 106 valence electrons. The fraction of sp³-hybridized carbons (Fsp3) is 0.333. The molecular weight excluding hydrogens is 282 g/mol. The molecule has 8 heteroatoms. The lowest BCUT2D eigenvalue weighted by molar-refractivity contribution is -0.137. The van der Waals surface area contributed by atoms with E-state index in [1.807, 2.05) is 0 Å². The van der Waals surface area contributed by atoms with Gasteiger partial charge in [-0.25, -0.2) is 0 Å². The molecule has 1 aromatic rings. The second-order valence-corrected chi connectivity index (χ2v) is 4.61. The minimum atomic E-state index is -1.06. The predicted octanol–water partition coefficient (Wildman–Crippen LogP) is 1.59. The van der Waals surface area contributed by atoms with Crippen molar-refractivity contribution in [2.45, 2.75) is 0 Å². The van der Waals surface area contributed by atoms with Crippen LogP contribution in [0.4, 0.5) is 11.4 Å². The normalized spacial score (nSPS) is 11.8. The van der Waals surface area contributed by atoms with Crippen LogP contribution in [0.25, 0.3) is 0 Å². The molecule has 0 saturated heterocycles. The first kappa shape index (κ1) is 14.4. The Hall–Kier alpha value is -2.06. The van der Waals surface area contributed by atoms with Crippen LogP contribution in [0, 0.1) is 0 Å². The van der Waals surface area contributed by atoms with Gasteiger partial charge in [-0.15, -0.1) is 0 Å². The second kappa shape index (κ2) is 6.40. The zero-order chi connectivity index (χ0) is 14.5. The van der Waals surface area contributed by atoms with Crippen molar-refractivity contribution in [3.05, 3.63) is 23.8 Å². The van der Waals surface area contributed by atoms with Crippen molar-refractivity contribution >= 4 is 34.6 Å². The summed E-state index contributed by atoms with van der Waals surface area (Å²) in [6, 6.07) is 4.93. The van der Waals surface area contributed by atoms with Gasteiger partial charge in [0.05, 0.1) is 18.0 Å². The summed E-state index contributed by atoms with van der Waals surface area (Å²) in [6.07, 6.45) is 0. The zero-order valence-electron chi connectivity index (χ0n) is 10.8. The van der Waals surface area contributed by atoms with Crippen LogP contribution in [-0.4, -0.2) is 48.7 Å². The third kappa shape index (κ3) is 3.28. The number of amides is 1. The maximum Gasteiger partial charge on any atom is 0.323 e. The van der Waals surface area contributed by atoms with Gasteiger partial charge >= 0.3 is 5.97 Å². The molecule has 2 rings (SSSR count). The Balaban J connectivity index is 2.18. The van der Waals surface area contributed by atoms with Crippen molar-refractivity contribution in [1.82, 2.24) is 4.90 Å². The van der Waals surface area contributed by atoms with Gasteiger partial charge in [-0.05, 0) is 18.2 Å². The molecule has 1 N–H and O–H groups in total. The average Bonchev–Trinajstić information content (AvgIpc) is 2.89. The van der Waals surface area contributed by atoms with Gasteiger partial charge in [0.25, 0.3) is 5.91 Å². The van der Waals surface area contributed by atoms with Gasteiger partial charge in [-0.1, -0.05) is 0 Å². The zero-order valence-corrected chi connectivity index (χ0v) is 11.6. The van der Waals surface area contributed by atoms with Gasteiger partial charge in [0, 0.05) is 19.2 Å². The van der Waals surface area contributed by atoms with Gasteiger partial charge < -0.3 is 14.7 Å². The third-order valence-corrected chi connectivity index (χ3v) is 3.24. The summed E-state index contributed by atoms with van der Waals surface area (Å²) in [5, 5.41) is 8.86. The molecule has 0 fully saturated rings. The van der Waals surface area contributed by atoms with Crippen LogP contribution in [0.5, 0.6) is 0 Å². The van der Waals surface area contributed by atoms with Gasteiger partial charge in [0.1, 0.15) is 17.9 Å². The van der Waals surface area contributed by atoms with Crippen molar-refractivity contribution in [2.24, 2.45) is 8.73 Å². The van der Waals surface area contributed by atoms with Crippen molar-refractivity contribution in [2.75, 3.05) is 26.8 Å². The van der Waals surface area contributed by atoms with E-state index in [-0.39, 0.29) is 25.6 Å². The number of hydrogen-bond donors (Lipinski definition) is 1. The monoisotopic (exact) mass is 295 g/mol. The number of nitrogens with zero attached hydrogens (tertiary/aromatic N) is 3. The Kier molecular flexibility index (Phi) is 4.59. The first-order valence-electron chi connectivity index (χ1n) is 5.84. The minimum Gasteiger partial charge on any atom is -0.480 e. The summed E-state index contributed by atoms with van der Waals surface area (Å²) in [4.78, 5) is 24.4. The summed E-state index contributed by atoms with van der Waals surface area (Å²) in [7, 11) is 1.50. The van der Waals surface area contributed by atoms with E-state index >= 15 is 0 Å². The van der Waals surface area contributed by atoms with E-state index in [0.717, 1.165) is 11.4 Å². The number of fused-ring (bicyclic) bond motifs is 1. The molecule has 0 saturated carbocycles. The van der Waals surface area contributed by atoms with E-state index in [4.69, 9.17) is 9.84 Å². The highest BCUT2D eigenvalue weighted by Crippen LogP contribution is 2.32. The van der Waals surface area contributed by atoms with Crippen molar-refractivity contribution in [1.29, 1.82) is 0 Å². The van der Waals surface area contributed by atoms with E-state index in [0.29, 0.717) is 16.9 Å². The molecule has 0 aliphatic carbocycles. The molecule has 20 heavy (non-hydrogen) atoms. The Bertz CT molecular complexity index is 611. The molecule has 1 heterocycles. The summed E-state index contributed by atoms with van der Waals surface area (Å²) < 4.78 is 13.0. The fourth-order valence-corrected chi connectivity index (χ4v) is 2.23. The third-order valence-electron chi connectivity index (χ3n) is 2.68. The lowest BCUT2D eigenvalue weighted by Crippen LogP contribution is -2.37. The summed E-state index contributed by atoms with van der Waals surface area (Å²) in [6.45, 7) is 0.129. The minimum absolute atomic E-state index is 0.217. The molecule has 0 atom stereocenters. The maximum atomic E-state index is 12.3. The molecule has 1 aliphatic heterocycles. The number of aliphatic carboxylic acids is 1. The Morgan fingerprint density at radius 3 is 2.80 bits per heavy atom. The molecule has 0 aromatic heterocycles. The van der Waals surface area contributed by atoms with Crippen molar-refractivity contribution in [3.63, 3.8) is 0 Å². The van der Waals surface area contributed by atoms with Crippen LogP contribution < -0.4 is 0 Å². The summed E-state index contributed by atoms with van der Waals surface area (Å²) >= 11 is 1.07. The van der Waals surface area contributed by atoms with E-state index in [1.165, 1.54) is 12.0 Å². The second-order valence-electron chi connectivity index (χ2n) is 4.08. The van der Waals surface area contributed by atoms with Gasteiger partial charge in [0.15, 0.2) is 0 Å². The number of carboxylic acid groups (broad SMARTS) is 1. The first-order valence-corrected chi connectivity index (χ1v) is 6.57. The van der Waals surface area contributed by atoms with Crippen LogP contribution in [0.3, 0.4) is 0 Å².